The molecule has 0 fully saturated rings. The predicted molar refractivity (Wildman–Crippen MR) is 107 cm³/mol. The fraction of sp³-hybridized carbons (Fsp3) is 0.900. The lowest BCUT2D eigenvalue weighted by Crippen LogP contribution is -2.53. The Morgan fingerprint density at radius 2 is 1.00 bits per heavy atom. The van der Waals surface area contributed by atoms with Gasteiger partial charge in [-0.2, -0.15) is 0 Å². The Bertz CT molecular complexity index is 324. The van der Waals surface area contributed by atoms with Gasteiger partial charge in [-0.3, -0.25) is 9.59 Å². The summed E-state index contributed by atoms with van der Waals surface area (Å²) in [6.07, 6.45) is 10.1. The molecule has 0 atom stereocenters. The van der Waals surface area contributed by atoms with Gasteiger partial charge in [-0.25, -0.2) is 0 Å². The van der Waals surface area contributed by atoms with Crippen molar-refractivity contribution in [2.75, 3.05) is 13.2 Å². The fourth-order valence-corrected chi connectivity index (χ4v) is 6.69. The highest BCUT2D eigenvalue weighted by molar-refractivity contribution is 7.23. The zero-order valence-corrected chi connectivity index (χ0v) is 18.0. The van der Waals surface area contributed by atoms with Crippen molar-refractivity contribution in [1.82, 2.24) is 0 Å². The van der Waals surface area contributed by atoms with Crippen LogP contribution >= 0.6 is 0 Å². The molecular weight excluding hydrogens is 332 g/mol. The van der Waals surface area contributed by atoms with Crippen LogP contribution in [0.15, 0.2) is 0 Å². The van der Waals surface area contributed by atoms with E-state index >= 15 is 0 Å². The molecule has 0 aliphatic rings. The minimum atomic E-state index is -2.90. The first-order valence-electron chi connectivity index (χ1n) is 10.4. The summed E-state index contributed by atoms with van der Waals surface area (Å²) in [4.78, 5) is 25.8. The van der Waals surface area contributed by atoms with Crippen molar-refractivity contribution in [3.05, 3.63) is 0 Å². The summed E-state index contributed by atoms with van der Waals surface area (Å²) in [6, 6.07) is 1.37. The van der Waals surface area contributed by atoms with E-state index in [1.54, 1.807) is 0 Å². The Morgan fingerprint density at radius 1 is 0.600 bits per heavy atom. The van der Waals surface area contributed by atoms with Crippen LogP contribution in [0.5, 0.6) is 0 Å². The molecule has 0 radical (unpaired) electrons. The van der Waals surface area contributed by atoms with Crippen molar-refractivity contribution in [1.29, 1.82) is 0 Å². The van der Waals surface area contributed by atoms with Crippen LogP contribution in [0.25, 0.3) is 0 Å². The molecule has 0 aliphatic carbocycles. The van der Waals surface area contributed by atoms with Crippen LogP contribution in [-0.4, -0.2) is 32.5 Å². The number of hydrogen-bond acceptors (Lipinski definition) is 4. The molecule has 0 N–H and O–H groups in total. The van der Waals surface area contributed by atoms with Crippen molar-refractivity contribution >= 4 is 19.3 Å². The molecule has 0 heterocycles. The maximum absolute atomic E-state index is 12.9. The van der Waals surface area contributed by atoms with E-state index in [9.17, 15) is 9.59 Å². The minimum Gasteiger partial charge on any atom is -0.470 e. The molecule has 0 spiro atoms. The van der Waals surface area contributed by atoms with E-state index in [-0.39, 0.29) is 11.2 Å². The molecule has 148 valence electrons. The SMILES string of the molecule is CCCCCC[Si](CCCCCC)(C(=O)OCCC)C(=O)OCCC. The average molecular weight is 373 g/mol. The Kier molecular flexibility index (Phi) is 14.9. The second-order valence-corrected chi connectivity index (χ2v) is 11.0. The second-order valence-electron chi connectivity index (χ2n) is 6.98. The zero-order chi connectivity index (χ0) is 19.0. The summed E-state index contributed by atoms with van der Waals surface area (Å²) in [5.41, 5.74) is -0.466. The summed E-state index contributed by atoms with van der Waals surface area (Å²) in [6.45, 7) is 9.10. The summed E-state index contributed by atoms with van der Waals surface area (Å²) in [7, 11) is -2.90. The standard InChI is InChI=1S/C20H40O4Si/c1-5-9-11-13-17-25(18-14-12-10-6-2,19(21)23-15-7-3)20(22)24-16-8-4/h5-18H2,1-4H3. The van der Waals surface area contributed by atoms with Crippen molar-refractivity contribution in [2.24, 2.45) is 0 Å². The molecule has 5 heteroatoms. The molecular formula is C20H40O4Si. The number of carbonyl (C=O) groups is 2. The van der Waals surface area contributed by atoms with Gasteiger partial charge in [0.2, 0.25) is 0 Å². The van der Waals surface area contributed by atoms with Gasteiger partial charge in [-0.15, -0.1) is 0 Å². The highest BCUT2D eigenvalue weighted by Gasteiger charge is 2.51. The number of unbranched alkanes of at least 4 members (excludes halogenated alkanes) is 6. The molecule has 25 heavy (non-hydrogen) atoms. The van der Waals surface area contributed by atoms with Gasteiger partial charge in [0.05, 0.1) is 13.2 Å². The number of ether oxygens (including phenoxy) is 2. The van der Waals surface area contributed by atoms with Crippen LogP contribution in [0, 0.1) is 0 Å². The normalized spacial score (nSPS) is 11.4. The second kappa shape index (κ2) is 15.4. The molecule has 0 rings (SSSR count). The van der Waals surface area contributed by atoms with E-state index in [0.29, 0.717) is 25.3 Å². The highest BCUT2D eigenvalue weighted by Crippen LogP contribution is 2.28. The third-order valence-corrected chi connectivity index (χ3v) is 8.84. The van der Waals surface area contributed by atoms with Gasteiger partial charge in [0.1, 0.15) is 0 Å². The molecule has 0 aromatic rings. The molecule has 0 unspecified atom stereocenters. The molecule has 0 bridgehead atoms. The third-order valence-electron chi connectivity index (χ3n) is 4.57. The third kappa shape index (κ3) is 9.43. The smallest absolute Gasteiger partial charge is 0.311 e. The largest absolute Gasteiger partial charge is 0.470 e. The minimum absolute atomic E-state index is 0.233. The molecule has 0 saturated carbocycles. The lowest BCUT2D eigenvalue weighted by atomic mass is 10.2. The topological polar surface area (TPSA) is 52.6 Å². The van der Waals surface area contributed by atoms with E-state index in [1.807, 2.05) is 13.8 Å². The summed E-state index contributed by atoms with van der Waals surface area (Å²) >= 11 is 0. The van der Waals surface area contributed by atoms with Crippen molar-refractivity contribution in [2.45, 2.75) is 104 Å². The van der Waals surface area contributed by atoms with Crippen LogP contribution in [-0.2, 0) is 9.47 Å². The van der Waals surface area contributed by atoms with Gasteiger partial charge in [0.15, 0.2) is 0 Å². The molecule has 0 aliphatic heterocycles. The zero-order valence-electron chi connectivity index (χ0n) is 17.0. The first kappa shape index (κ1) is 24.2. The van der Waals surface area contributed by atoms with Crippen LogP contribution in [0.4, 0.5) is 9.59 Å². The lowest BCUT2D eigenvalue weighted by molar-refractivity contribution is 0.160. The van der Waals surface area contributed by atoms with Gasteiger partial charge < -0.3 is 9.47 Å². The Balaban J connectivity index is 5.19. The molecule has 0 saturated heterocycles. The number of carbonyl (C=O) groups excluding carboxylic acids is 2. The number of rotatable bonds is 16. The summed E-state index contributed by atoms with van der Waals surface area (Å²) in [5.74, 6) is 0. The molecule has 0 aromatic heterocycles. The van der Waals surface area contributed by atoms with Crippen molar-refractivity contribution in [3.63, 3.8) is 0 Å². The van der Waals surface area contributed by atoms with Gasteiger partial charge in [0, 0.05) is 0 Å². The Labute approximate surface area is 156 Å². The van der Waals surface area contributed by atoms with Gasteiger partial charge >= 0.3 is 8.07 Å². The highest BCUT2D eigenvalue weighted by atomic mass is 28.3. The van der Waals surface area contributed by atoms with Gasteiger partial charge in [-0.1, -0.05) is 79.1 Å². The first-order chi connectivity index (χ1) is 12.1. The summed E-state index contributed by atoms with van der Waals surface area (Å²) < 4.78 is 11.0. The van der Waals surface area contributed by atoms with E-state index < -0.39 is 8.07 Å². The maximum atomic E-state index is 12.9. The van der Waals surface area contributed by atoms with E-state index in [2.05, 4.69) is 13.8 Å². The van der Waals surface area contributed by atoms with Gasteiger partial charge in [0.25, 0.3) is 11.2 Å². The average Bonchev–Trinajstić information content (AvgIpc) is 2.62. The van der Waals surface area contributed by atoms with Crippen LogP contribution in [0.3, 0.4) is 0 Å². The van der Waals surface area contributed by atoms with Crippen LogP contribution < -0.4 is 0 Å². The quantitative estimate of drug-likeness (QED) is 0.219. The first-order valence-corrected chi connectivity index (χ1v) is 12.8. The molecule has 0 amide bonds. The summed E-state index contributed by atoms with van der Waals surface area (Å²) in [5, 5.41) is 0. The molecule has 0 aromatic carbocycles. The Hall–Kier alpha value is -0.843. The predicted octanol–water partition coefficient (Wildman–Crippen LogP) is 6.85. The lowest BCUT2D eigenvalue weighted by Gasteiger charge is -2.27. The van der Waals surface area contributed by atoms with Crippen molar-refractivity contribution < 1.29 is 19.1 Å². The van der Waals surface area contributed by atoms with Crippen LogP contribution in [0.2, 0.25) is 12.1 Å². The maximum Gasteiger partial charge on any atom is 0.311 e. The molecule has 4 nitrogen and oxygen atoms in total. The van der Waals surface area contributed by atoms with Gasteiger partial charge in [-0.05, 0) is 24.9 Å². The number of hydrogen-bond donors (Lipinski definition) is 0. The van der Waals surface area contributed by atoms with E-state index in [4.69, 9.17) is 9.47 Å². The Morgan fingerprint density at radius 3 is 1.32 bits per heavy atom. The fourth-order valence-electron chi connectivity index (χ4n) is 2.99. The van der Waals surface area contributed by atoms with E-state index in [0.717, 1.165) is 64.2 Å². The monoisotopic (exact) mass is 372 g/mol. The van der Waals surface area contributed by atoms with Crippen molar-refractivity contribution in [3.8, 4) is 0 Å². The van der Waals surface area contributed by atoms with E-state index in [1.165, 1.54) is 0 Å². The van der Waals surface area contributed by atoms with Crippen LogP contribution in [0.1, 0.15) is 91.9 Å².